The van der Waals surface area contributed by atoms with Crippen LogP contribution in [0.1, 0.15) is 11.3 Å². The maximum atomic E-state index is 8.90. The van der Waals surface area contributed by atoms with Gasteiger partial charge < -0.3 is 10.1 Å². The molecule has 2 rings (SSSR count). The van der Waals surface area contributed by atoms with Crippen LogP contribution in [0.4, 0.5) is 11.5 Å². The van der Waals surface area contributed by atoms with E-state index in [9.17, 15) is 0 Å². The number of nitrogens with zero attached hydrogens (tertiary/aromatic N) is 2. The summed E-state index contributed by atoms with van der Waals surface area (Å²) < 4.78 is 5.09. The van der Waals surface area contributed by atoms with Crippen molar-refractivity contribution in [3.8, 4) is 11.8 Å². The van der Waals surface area contributed by atoms with E-state index in [-0.39, 0.29) is 0 Å². The lowest BCUT2D eigenvalue weighted by atomic mass is 10.2. The van der Waals surface area contributed by atoms with Gasteiger partial charge in [0.05, 0.1) is 18.7 Å². The molecule has 1 heterocycles. The number of hydrogen-bond donors (Lipinski definition) is 1. The molecular weight excluding hydrogens is 226 g/mol. The molecule has 1 aromatic carbocycles. The van der Waals surface area contributed by atoms with Crippen molar-refractivity contribution in [2.45, 2.75) is 6.92 Å². The Morgan fingerprint density at radius 3 is 2.56 bits per heavy atom. The lowest BCUT2D eigenvalue weighted by Crippen LogP contribution is -1.96. The maximum absolute atomic E-state index is 8.90. The predicted octanol–water partition coefficient (Wildman–Crippen LogP) is 3.01. The summed E-state index contributed by atoms with van der Waals surface area (Å²) in [7, 11) is 1.63. The standard InChI is InChI=1S/C14H13N3O/c1-10-7-11(9-15)8-14(16-10)17-12-3-5-13(18-2)6-4-12/h3-8H,1-2H3,(H,16,17). The van der Waals surface area contributed by atoms with E-state index in [4.69, 9.17) is 10.00 Å². The summed E-state index contributed by atoms with van der Waals surface area (Å²) >= 11 is 0. The number of aromatic nitrogens is 1. The van der Waals surface area contributed by atoms with Gasteiger partial charge in [-0.15, -0.1) is 0 Å². The fraction of sp³-hybridized carbons (Fsp3) is 0.143. The molecule has 0 spiro atoms. The highest BCUT2D eigenvalue weighted by Gasteiger charge is 2.00. The average Bonchev–Trinajstić information content (AvgIpc) is 2.39. The Labute approximate surface area is 106 Å². The second-order valence-electron chi connectivity index (χ2n) is 3.85. The summed E-state index contributed by atoms with van der Waals surface area (Å²) in [5, 5.41) is 12.1. The molecule has 0 fully saturated rings. The number of aryl methyl sites for hydroxylation is 1. The number of hydrogen-bond acceptors (Lipinski definition) is 4. The third-order valence-electron chi connectivity index (χ3n) is 2.44. The Morgan fingerprint density at radius 2 is 1.94 bits per heavy atom. The van der Waals surface area contributed by atoms with E-state index in [1.165, 1.54) is 0 Å². The van der Waals surface area contributed by atoms with Crippen LogP contribution in [-0.4, -0.2) is 12.1 Å². The minimum Gasteiger partial charge on any atom is -0.497 e. The fourth-order valence-electron chi connectivity index (χ4n) is 1.62. The largest absolute Gasteiger partial charge is 0.497 e. The Hall–Kier alpha value is -2.54. The molecule has 4 nitrogen and oxygen atoms in total. The molecule has 2 aromatic rings. The van der Waals surface area contributed by atoms with Gasteiger partial charge >= 0.3 is 0 Å². The van der Waals surface area contributed by atoms with E-state index in [0.29, 0.717) is 11.4 Å². The van der Waals surface area contributed by atoms with Gasteiger partial charge in [0.1, 0.15) is 11.6 Å². The number of pyridine rings is 1. The number of benzene rings is 1. The summed E-state index contributed by atoms with van der Waals surface area (Å²) in [5.41, 5.74) is 2.31. The first-order chi connectivity index (χ1) is 8.71. The first-order valence-corrected chi connectivity index (χ1v) is 5.51. The Balaban J connectivity index is 2.22. The van der Waals surface area contributed by atoms with Gasteiger partial charge in [-0.05, 0) is 43.3 Å². The Bertz CT molecular complexity index is 585. The van der Waals surface area contributed by atoms with E-state index in [1.807, 2.05) is 31.2 Å². The molecule has 0 unspecified atom stereocenters. The molecule has 0 amide bonds. The Kier molecular flexibility index (Phi) is 3.44. The van der Waals surface area contributed by atoms with Gasteiger partial charge in [-0.25, -0.2) is 4.98 Å². The minimum atomic E-state index is 0.596. The van der Waals surface area contributed by atoms with Crippen LogP contribution >= 0.6 is 0 Å². The summed E-state index contributed by atoms with van der Waals surface area (Å²) in [6, 6.07) is 13.1. The molecule has 0 atom stereocenters. The van der Waals surface area contributed by atoms with Crippen molar-refractivity contribution < 1.29 is 4.74 Å². The van der Waals surface area contributed by atoms with Crippen molar-refractivity contribution >= 4 is 11.5 Å². The second kappa shape index (κ2) is 5.19. The predicted molar refractivity (Wildman–Crippen MR) is 70.0 cm³/mol. The molecule has 1 N–H and O–H groups in total. The number of rotatable bonds is 3. The third-order valence-corrected chi connectivity index (χ3v) is 2.44. The first kappa shape index (κ1) is 11.9. The van der Waals surface area contributed by atoms with Gasteiger partial charge in [0.25, 0.3) is 0 Å². The molecule has 1 aromatic heterocycles. The quantitative estimate of drug-likeness (QED) is 0.894. The van der Waals surface area contributed by atoms with Crippen molar-refractivity contribution in [2.75, 3.05) is 12.4 Å². The first-order valence-electron chi connectivity index (χ1n) is 5.51. The van der Waals surface area contributed by atoms with Gasteiger partial charge in [0.15, 0.2) is 0 Å². The zero-order chi connectivity index (χ0) is 13.0. The molecule has 0 aliphatic rings. The molecular formula is C14H13N3O. The van der Waals surface area contributed by atoms with Crippen LogP contribution in [0.25, 0.3) is 0 Å². The molecule has 0 saturated carbocycles. The van der Waals surface area contributed by atoms with Crippen molar-refractivity contribution in [3.05, 3.63) is 47.7 Å². The fourth-order valence-corrected chi connectivity index (χ4v) is 1.62. The highest BCUT2D eigenvalue weighted by atomic mass is 16.5. The molecule has 0 bridgehead atoms. The monoisotopic (exact) mass is 239 g/mol. The molecule has 18 heavy (non-hydrogen) atoms. The topological polar surface area (TPSA) is 57.9 Å². The van der Waals surface area contributed by atoms with E-state index in [0.717, 1.165) is 17.1 Å². The zero-order valence-corrected chi connectivity index (χ0v) is 10.3. The van der Waals surface area contributed by atoms with Crippen molar-refractivity contribution in [3.63, 3.8) is 0 Å². The van der Waals surface area contributed by atoms with E-state index < -0.39 is 0 Å². The van der Waals surface area contributed by atoms with Crippen LogP contribution in [0.15, 0.2) is 36.4 Å². The normalized spacial score (nSPS) is 9.61. The minimum absolute atomic E-state index is 0.596. The zero-order valence-electron chi connectivity index (χ0n) is 10.3. The molecule has 0 aliphatic heterocycles. The van der Waals surface area contributed by atoms with E-state index in [1.54, 1.807) is 19.2 Å². The van der Waals surface area contributed by atoms with Crippen LogP contribution in [0.3, 0.4) is 0 Å². The van der Waals surface area contributed by atoms with Crippen LogP contribution < -0.4 is 10.1 Å². The smallest absolute Gasteiger partial charge is 0.131 e. The van der Waals surface area contributed by atoms with Crippen molar-refractivity contribution in [1.29, 1.82) is 5.26 Å². The van der Waals surface area contributed by atoms with Gasteiger partial charge in [-0.1, -0.05) is 0 Å². The number of nitriles is 1. The number of anilines is 2. The summed E-state index contributed by atoms with van der Waals surface area (Å²) in [5.74, 6) is 1.46. The summed E-state index contributed by atoms with van der Waals surface area (Å²) in [6.07, 6.45) is 0. The van der Waals surface area contributed by atoms with Gasteiger partial charge in [0.2, 0.25) is 0 Å². The number of nitrogens with one attached hydrogen (secondary N) is 1. The molecule has 90 valence electrons. The Morgan fingerprint density at radius 1 is 1.22 bits per heavy atom. The van der Waals surface area contributed by atoms with Crippen LogP contribution in [0.2, 0.25) is 0 Å². The lowest BCUT2D eigenvalue weighted by molar-refractivity contribution is 0.415. The van der Waals surface area contributed by atoms with Crippen LogP contribution in [0.5, 0.6) is 5.75 Å². The van der Waals surface area contributed by atoms with Crippen LogP contribution in [-0.2, 0) is 0 Å². The molecule has 0 aliphatic carbocycles. The summed E-state index contributed by atoms with van der Waals surface area (Å²) in [6.45, 7) is 1.86. The molecule has 0 radical (unpaired) electrons. The number of methoxy groups -OCH3 is 1. The average molecular weight is 239 g/mol. The SMILES string of the molecule is COc1ccc(Nc2cc(C#N)cc(C)n2)cc1. The van der Waals surface area contributed by atoms with Crippen LogP contribution in [0, 0.1) is 18.3 Å². The summed E-state index contributed by atoms with van der Waals surface area (Å²) in [4.78, 5) is 4.33. The highest BCUT2D eigenvalue weighted by Crippen LogP contribution is 2.19. The highest BCUT2D eigenvalue weighted by molar-refractivity contribution is 5.58. The van der Waals surface area contributed by atoms with Gasteiger partial charge in [-0.2, -0.15) is 5.26 Å². The van der Waals surface area contributed by atoms with E-state index >= 15 is 0 Å². The van der Waals surface area contributed by atoms with Gasteiger partial charge in [-0.3, -0.25) is 0 Å². The lowest BCUT2D eigenvalue weighted by Gasteiger charge is -2.07. The third kappa shape index (κ3) is 2.77. The number of ether oxygens (including phenoxy) is 1. The van der Waals surface area contributed by atoms with Crippen molar-refractivity contribution in [2.24, 2.45) is 0 Å². The maximum Gasteiger partial charge on any atom is 0.131 e. The van der Waals surface area contributed by atoms with E-state index in [2.05, 4.69) is 16.4 Å². The molecule has 0 saturated heterocycles. The van der Waals surface area contributed by atoms with Gasteiger partial charge in [0, 0.05) is 11.4 Å². The second-order valence-corrected chi connectivity index (χ2v) is 3.85. The molecule has 4 heteroatoms. The van der Waals surface area contributed by atoms with Crippen molar-refractivity contribution in [1.82, 2.24) is 4.98 Å².